The third-order valence-electron chi connectivity index (χ3n) is 3.32. The lowest BCUT2D eigenvalue weighted by molar-refractivity contribution is 0.282. The molecule has 0 saturated carbocycles. The van der Waals surface area contributed by atoms with Crippen LogP contribution < -0.4 is 10.6 Å². The first-order chi connectivity index (χ1) is 9.59. The Kier molecular flexibility index (Phi) is 7.30. The molecule has 1 aliphatic heterocycles. The van der Waals surface area contributed by atoms with E-state index in [2.05, 4.69) is 15.6 Å². The van der Waals surface area contributed by atoms with Gasteiger partial charge in [0.05, 0.1) is 6.04 Å². The van der Waals surface area contributed by atoms with Gasteiger partial charge in [0.25, 0.3) is 0 Å². The fourth-order valence-electron chi connectivity index (χ4n) is 2.22. The summed E-state index contributed by atoms with van der Waals surface area (Å²) >= 11 is 0. The van der Waals surface area contributed by atoms with E-state index in [9.17, 15) is 8.78 Å². The highest BCUT2D eigenvalue weighted by Crippen LogP contribution is 2.23. The van der Waals surface area contributed by atoms with Crippen LogP contribution >= 0.6 is 24.0 Å². The normalized spacial score (nSPS) is 15.8. The number of likely N-dealkylation sites (N-methyl/N-ethyl adjacent to an activating group) is 1. The number of nitrogens with zero attached hydrogens (tertiary/aromatic N) is 2. The average Bonchev–Trinajstić information content (AvgIpc) is 2.42. The highest BCUT2D eigenvalue weighted by molar-refractivity contribution is 14.0. The summed E-state index contributed by atoms with van der Waals surface area (Å²) in [6.45, 7) is 2.03. The van der Waals surface area contributed by atoms with Crippen LogP contribution in [-0.4, -0.2) is 44.6 Å². The molecule has 2 rings (SSSR count). The number of benzene rings is 1. The third kappa shape index (κ3) is 4.77. The molecule has 0 radical (unpaired) electrons. The van der Waals surface area contributed by atoms with Gasteiger partial charge in [0, 0.05) is 25.2 Å². The van der Waals surface area contributed by atoms with Gasteiger partial charge in [0.1, 0.15) is 11.6 Å². The van der Waals surface area contributed by atoms with Crippen molar-refractivity contribution in [1.82, 2.24) is 15.5 Å². The number of nitrogens with one attached hydrogen (secondary N) is 2. The molecule has 0 spiro atoms. The van der Waals surface area contributed by atoms with Crippen LogP contribution in [0.15, 0.2) is 23.2 Å². The van der Waals surface area contributed by atoms with Crippen LogP contribution in [0.3, 0.4) is 0 Å². The van der Waals surface area contributed by atoms with Crippen molar-refractivity contribution >= 4 is 29.9 Å². The van der Waals surface area contributed by atoms with Gasteiger partial charge in [-0.2, -0.15) is 0 Å². The van der Waals surface area contributed by atoms with Gasteiger partial charge < -0.3 is 15.5 Å². The number of hydrogen-bond acceptors (Lipinski definition) is 4. The summed E-state index contributed by atoms with van der Waals surface area (Å²) in [4.78, 5) is 6.08. The van der Waals surface area contributed by atoms with Crippen LogP contribution in [0.2, 0.25) is 0 Å². The van der Waals surface area contributed by atoms with Crippen LogP contribution in [-0.2, 0) is 0 Å². The maximum atomic E-state index is 13.9. The van der Waals surface area contributed by atoms with Crippen molar-refractivity contribution in [2.24, 2.45) is 4.99 Å². The largest absolute Gasteiger partial charge is 0.356 e. The smallest absolute Gasteiger partial charge is 0.191 e. The van der Waals surface area contributed by atoms with E-state index in [0.29, 0.717) is 12.5 Å². The number of hydrogen-bond donors (Lipinski definition) is 2. The standard InChI is InChI=1S/C14H20F2N4.HI/c1-20(2)12(9-19-14-17-7-4-8-18-14)13-10(15)5-3-6-11(13)16;/h3,5-6,12H,4,7-9H2,1-2H3,(H2,17,18,19);1H. The lowest BCUT2D eigenvalue weighted by Gasteiger charge is -2.27. The van der Waals surface area contributed by atoms with Crippen molar-refractivity contribution in [3.63, 3.8) is 0 Å². The van der Waals surface area contributed by atoms with Gasteiger partial charge in [-0.05, 0) is 32.6 Å². The van der Waals surface area contributed by atoms with E-state index in [-0.39, 0.29) is 29.5 Å². The number of aliphatic imine (C=N–C) groups is 1. The lowest BCUT2D eigenvalue weighted by Crippen LogP contribution is -2.44. The molecule has 0 aromatic heterocycles. The van der Waals surface area contributed by atoms with Crippen molar-refractivity contribution in [2.75, 3.05) is 33.7 Å². The monoisotopic (exact) mass is 410 g/mol. The first kappa shape index (κ1) is 18.1. The summed E-state index contributed by atoms with van der Waals surface area (Å²) in [6, 6.07) is 3.54. The second-order valence-corrected chi connectivity index (χ2v) is 5.01. The Hall–Kier alpha value is -0.960. The van der Waals surface area contributed by atoms with Gasteiger partial charge in [-0.25, -0.2) is 8.78 Å². The summed E-state index contributed by atoms with van der Waals surface area (Å²) < 4.78 is 27.8. The number of guanidine groups is 1. The van der Waals surface area contributed by atoms with Crippen molar-refractivity contribution in [2.45, 2.75) is 12.5 Å². The van der Waals surface area contributed by atoms with Crippen molar-refractivity contribution in [1.29, 1.82) is 0 Å². The fourth-order valence-corrected chi connectivity index (χ4v) is 2.22. The Labute approximate surface area is 141 Å². The van der Waals surface area contributed by atoms with Crippen LogP contribution in [0, 0.1) is 11.6 Å². The minimum absolute atomic E-state index is 0. The summed E-state index contributed by atoms with van der Waals surface area (Å²) in [5.41, 5.74) is 0.0846. The molecule has 2 N–H and O–H groups in total. The Balaban J connectivity index is 0.00000220. The van der Waals surface area contributed by atoms with Gasteiger partial charge in [0.2, 0.25) is 0 Å². The SMILES string of the molecule is CN(C)C(CNC1=NCCCN1)c1c(F)cccc1F.I. The molecule has 118 valence electrons. The Morgan fingerprint density at radius 2 is 2.00 bits per heavy atom. The number of rotatable bonds is 4. The first-order valence-corrected chi connectivity index (χ1v) is 6.72. The minimum atomic E-state index is -0.524. The topological polar surface area (TPSA) is 39.7 Å². The first-order valence-electron chi connectivity index (χ1n) is 6.72. The summed E-state index contributed by atoms with van der Waals surface area (Å²) in [7, 11) is 3.60. The summed E-state index contributed by atoms with van der Waals surface area (Å²) in [5.74, 6) is -0.354. The van der Waals surface area contributed by atoms with E-state index >= 15 is 0 Å². The molecule has 1 unspecified atom stereocenters. The quantitative estimate of drug-likeness (QED) is 0.748. The molecule has 1 aliphatic rings. The Morgan fingerprint density at radius 1 is 1.33 bits per heavy atom. The van der Waals surface area contributed by atoms with Gasteiger partial charge in [-0.15, -0.1) is 24.0 Å². The molecule has 1 atom stereocenters. The fraction of sp³-hybridized carbons (Fsp3) is 0.500. The molecule has 7 heteroatoms. The highest BCUT2D eigenvalue weighted by atomic mass is 127. The Bertz CT molecular complexity index is 474. The molecule has 1 heterocycles. The zero-order valence-electron chi connectivity index (χ0n) is 12.2. The van der Waals surface area contributed by atoms with Crippen molar-refractivity contribution in [3.8, 4) is 0 Å². The van der Waals surface area contributed by atoms with E-state index in [0.717, 1.165) is 19.5 Å². The molecule has 0 amide bonds. The minimum Gasteiger partial charge on any atom is -0.356 e. The van der Waals surface area contributed by atoms with E-state index < -0.39 is 17.7 Å². The predicted octanol–water partition coefficient (Wildman–Crippen LogP) is 2.12. The van der Waals surface area contributed by atoms with Crippen LogP contribution in [0.1, 0.15) is 18.0 Å². The van der Waals surface area contributed by atoms with E-state index in [1.807, 2.05) is 0 Å². The predicted molar refractivity (Wildman–Crippen MR) is 91.1 cm³/mol. The summed E-state index contributed by atoms with van der Waals surface area (Å²) in [6.07, 6.45) is 1.00. The second-order valence-electron chi connectivity index (χ2n) is 5.01. The molecule has 0 bridgehead atoms. The zero-order valence-corrected chi connectivity index (χ0v) is 14.5. The molecule has 0 saturated heterocycles. The van der Waals surface area contributed by atoms with Crippen molar-refractivity contribution < 1.29 is 8.78 Å². The molecule has 0 fully saturated rings. The maximum Gasteiger partial charge on any atom is 0.191 e. The molecule has 0 aliphatic carbocycles. The second kappa shape index (κ2) is 8.47. The molecule has 4 nitrogen and oxygen atoms in total. The van der Waals surface area contributed by atoms with Gasteiger partial charge >= 0.3 is 0 Å². The molecule has 21 heavy (non-hydrogen) atoms. The summed E-state index contributed by atoms with van der Waals surface area (Å²) in [5, 5.41) is 6.25. The molecule has 1 aromatic carbocycles. The van der Waals surface area contributed by atoms with Crippen LogP contribution in [0.5, 0.6) is 0 Å². The number of halogens is 3. The van der Waals surface area contributed by atoms with Crippen molar-refractivity contribution in [3.05, 3.63) is 35.4 Å². The molecular formula is C14H21F2IN4. The van der Waals surface area contributed by atoms with E-state index in [1.165, 1.54) is 18.2 Å². The lowest BCUT2D eigenvalue weighted by atomic mass is 10.0. The molecule has 1 aromatic rings. The maximum absolute atomic E-state index is 13.9. The third-order valence-corrected chi connectivity index (χ3v) is 3.32. The highest BCUT2D eigenvalue weighted by Gasteiger charge is 2.22. The van der Waals surface area contributed by atoms with E-state index in [4.69, 9.17) is 0 Å². The van der Waals surface area contributed by atoms with Crippen LogP contribution in [0.25, 0.3) is 0 Å². The van der Waals surface area contributed by atoms with Crippen LogP contribution in [0.4, 0.5) is 8.78 Å². The Morgan fingerprint density at radius 3 is 2.52 bits per heavy atom. The van der Waals surface area contributed by atoms with Gasteiger partial charge in [-0.1, -0.05) is 6.07 Å². The average molecular weight is 410 g/mol. The molecular weight excluding hydrogens is 389 g/mol. The van der Waals surface area contributed by atoms with Gasteiger partial charge in [-0.3, -0.25) is 4.99 Å². The van der Waals surface area contributed by atoms with E-state index in [1.54, 1.807) is 19.0 Å². The van der Waals surface area contributed by atoms with Gasteiger partial charge in [0.15, 0.2) is 5.96 Å². The zero-order chi connectivity index (χ0) is 14.5.